The minimum Gasteiger partial charge on any atom is -0.399 e. The van der Waals surface area contributed by atoms with E-state index in [9.17, 15) is 9.00 Å². The SMILES string of the molecule is Cc1cc(N)ccc1S(=O)CC(=O)Nc1ccc(Cl)cc1. The molecule has 3 N–H and O–H groups in total. The van der Waals surface area contributed by atoms with Gasteiger partial charge in [-0.05, 0) is 55.0 Å². The molecule has 0 aromatic heterocycles. The molecule has 0 bridgehead atoms. The van der Waals surface area contributed by atoms with Gasteiger partial charge in [-0.15, -0.1) is 0 Å². The van der Waals surface area contributed by atoms with Crippen LogP contribution in [0, 0.1) is 6.92 Å². The van der Waals surface area contributed by atoms with E-state index in [0.717, 1.165) is 5.56 Å². The molecule has 2 rings (SSSR count). The first-order valence-corrected chi connectivity index (χ1v) is 7.95. The van der Waals surface area contributed by atoms with E-state index in [1.807, 2.05) is 6.92 Å². The first kappa shape index (κ1) is 15.5. The predicted octanol–water partition coefficient (Wildman–Crippen LogP) is 2.98. The topological polar surface area (TPSA) is 72.2 Å². The van der Waals surface area contributed by atoms with E-state index in [4.69, 9.17) is 17.3 Å². The monoisotopic (exact) mass is 322 g/mol. The van der Waals surface area contributed by atoms with Gasteiger partial charge in [-0.1, -0.05) is 11.6 Å². The fourth-order valence-corrected chi connectivity index (χ4v) is 3.08. The minimum absolute atomic E-state index is 0.104. The number of nitrogen functional groups attached to an aromatic ring is 1. The average Bonchev–Trinajstić information content (AvgIpc) is 2.41. The second-order valence-corrected chi connectivity index (χ2v) is 6.43. The third-order valence-corrected chi connectivity index (χ3v) is 4.56. The van der Waals surface area contributed by atoms with Gasteiger partial charge >= 0.3 is 0 Å². The molecule has 2 aromatic rings. The van der Waals surface area contributed by atoms with E-state index in [-0.39, 0.29) is 11.7 Å². The molecule has 0 aliphatic rings. The molecule has 0 radical (unpaired) electrons. The van der Waals surface area contributed by atoms with Crippen molar-refractivity contribution in [3.63, 3.8) is 0 Å². The van der Waals surface area contributed by atoms with Crippen LogP contribution in [0.15, 0.2) is 47.4 Å². The van der Waals surface area contributed by atoms with Crippen molar-refractivity contribution in [2.45, 2.75) is 11.8 Å². The largest absolute Gasteiger partial charge is 0.399 e. The molecule has 4 nitrogen and oxygen atoms in total. The van der Waals surface area contributed by atoms with Crippen LogP contribution in [0.4, 0.5) is 11.4 Å². The summed E-state index contributed by atoms with van der Waals surface area (Å²) >= 11 is 5.77. The van der Waals surface area contributed by atoms with Gasteiger partial charge in [-0.25, -0.2) is 0 Å². The number of carbonyl (C=O) groups is 1. The number of nitrogens with one attached hydrogen (secondary N) is 1. The summed E-state index contributed by atoms with van der Waals surface area (Å²) in [6.45, 7) is 1.82. The highest BCUT2D eigenvalue weighted by atomic mass is 35.5. The van der Waals surface area contributed by atoms with Crippen molar-refractivity contribution in [1.82, 2.24) is 0 Å². The Labute approximate surface area is 130 Å². The second kappa shape index (κ2) is 6.74. The number of halogens is 1. The molecule has 0 aliphatic heterocycles. The van der Waals surface area contributed by atoms with E-state index >= 15 is 0 Å². The van der Waals surface area contributed by atoms with Crippen LogP contribution >= 0.6 is 11.6 Å². The zero-order chi connectivity index (χ0) is 15.4. The lowest BCUT2D eigenvalue weighted by Gasteiger charge is -2.08. The van der Waals surface area contributed by atoms with Gasteiger partial charge in [0.15, 0.2) is 0 Å². The maximum atomic E-state index is 12.2. The Morgan fingerprint density at radius 3 is 2.52 bits per heavy atom. The van der Waals surface area contributed by atoms with Crippen molar-refractivity contribution < 1.29 is 9.00 Å². The molecular weight excluding hydrogens is 308 g/mol. The number of hydrogen-bond donors (Lipinski definition) is 2. The van der Waals surface area contributed by atoms with Gasteiger partial charge in [0.1, 0.15) is 5.75 Å². The highest BCUT2D eigenvalue weighted by Gasteiger charge is 2.12. The summed E-state index contributed by atoms with van der Waals surface area (Å²) in [6, 6.07) is 11.9. The second-order valence-electron chi connectivity index (χ2n) is 4.57. The number of anilines is 2. The van der Waals surface area contributed by atoms with E-state index in [1.165, 1.54) is 0 Å². The standard InChI is InChI=1S/C15H15ClN2O2S/c1-10-8-12(17)4-7-14(10)21(20)9-15(19)18-13-5-2-11(16)3-6-13/h2-8H,9,17H2,1H3,(H,18,19). The van der Waals surface area contributed by atoms with Crippen molar-refractivity contribution in [1.29, 1.82) is 0 Å². The third-order valence-electron chi connectivity index (χ3n) is 2.83. The van der Waals surface area contributed by atoms with Crippen molar-refractivity contribution in [3.8, 4) is 0 Å². The van der Waals surface area contributed by atoms with E-state index in [0.29, 0.717) is 21.3 Å². The van der Waals surface area contributed by atoms with Crippen LogP contribution in [0.1, 0.15) is 5.56 Å². The summed E-state index contributed by atoms with van der Waals surface area (Å²) in [4.78, 5) is 12.5. The van der Waals surface area contributed by atoms with Crippen molar-refractivity contribution in [2.75, 3.05) is 16.8 Å². The molecule has 0 saturated heterocycles. The lowest BCUT2D eigenvalue weighted by atomic mass is 10.2. The van der Waals surface area contributed by atoms with Crippen LogP contribution < -0.4 is 11.1 Å². The van der Waals surface area contributed by atoms with Gasteiger partial charge in [0.2, 0.25) is 5.91 Å². The Hall–Kier alpha value is -1.85. The van der Waals surface area contributed by atoms with Crippen LogP contribution in [0.3, 0.4) is 0 Å². The lowest BCUT2D eigenvalue weighted by Crippen LogP contribution is -2.19. The van der Waals surface area contributed by atoms with Gasteiger partial charge in [0, 0.05) is 21.3 Å². The van der Waals surface area contributed by atoms with Crippen LogP contribution in [0.2, 0.25) is 5.02 Å². The Morgan fingerprint density at radius 2 is 1.90 bits per heavy atom. The maximum absolute atomic E-state index is 12.2. The summed E-state index contributed by atoms with van der Waals surface area (Å²) in [7, 11) is -1.41. The zero-order valence-corrected chi connectivity index (χ0v) is 13.0. The third kappa shape index (κ3) is 4.31. The number of nitrogens with two attached hydrogens (primary N) is 1. The first-order chi connectivity index (χ1) is 9.95. The van der Waals surface area contributed by atoms with Crippen molar-refractivity contribution >= 4 is 39.7 Å². The number of hydrogen-bond acceptors (Lipinski definition) is 3. The smallest absolute Gasteiger partial charge is 0.237 e. The maximum Gasteiger partial charge on any atom is 0.237 e. The van der Waals surface area contributed by atoms with Gasteiger partial charge in [-0.3, -0.25) is 9.00 Å². The zero-order valence-electron chi connectivity index (χ0n) is 11.4. The molecule has 0 fully saturated rings. The first-order valence-electron chi connectivity index (χ1n) is 6.25. The number of carbonyl (C=O) groups excluding carboxylic acids is 1. The molecule has 1 amide bonds. The molecule has 0 heterocycles. The van der Waals surface area contributed by atoms with Crippen LogP contribution in [0.5, 0.6) is 0 Å². The predicted molar refractivity (Wildman–Crippen MR) is 86.9 cm³/mol. The average molecular weight is 323 g/mol. The van der Waals surface area contributed by atoms with E-state index in [2.05, 4.69) is 5.32 Å². The lowest BCUT2D eigenvalue weighted by molar-refractivity contribution is -0.113. The fraction of sp³-hybridized carbons (Fsp3) is 0.133. The summed E-state index contributed by atoms with van der Waals surface area (Å²) < 4.78 is 12.2. The van der Waals surface area contributed by atoms with E-state index < -0.39 is 10.8 Å². The number of amides is 1. The molecule has 1 atom stereocenters. The van der Waals surface area contributed by atoms with E-state index in [1.54, 1.807) is 42.5 Å². The molecular formula is C15H15ClN2O2S. The van der Waals surface area contributed by atoms with Crippen LogP contribution in [-0.2, 0) is 15.6 Å². The fourth-order valence-electron chi connectivity index (χ4n) is 1.86. The summed E-state index contributed by atoms with van der Waals surface area (Å²) in [5, 5.41) is 3.28. The van der Waals surface area contributed by atoms with Crippen LogP contribution in [-0.4, -0.2) is 15.9 Å². The van der Waals surface area contributed by atoms with Gasteiger partial charge in [-0.2, -0.15) is 0 Å². The normalized spacial score (nSPS) is 11.9. The van der Waals surface area contributed by atoms with Gasteiger partial charge in [0.25, 0.3) is 0 Å². The summed E-state index contributed by atoms with van der Waals surface area (Å²) in [5.74, 6) is -0.417. The summed E-state index contributed by atoms with van der Waals surface area (Å²) in [5.41, 5.74) is 7.70. The molecule has 21 heavy (non-hydrogen) atoms. The molecule has 0 spiro atoms. The van der Waals surface area contributed by atoms with Gasteiger partial charge in [0.05, 0.1) is 10.8 Å². The highest BCUT2D eigenvalue weighted by molar-refractivity contribution is 7.85. The Morgan fingerprint density at radius 1 is 1.24 bits per heavy atom. The Kier molecular flexibility index (Phi) is 4.98. The number of benzene rings is 2. The molecule has 110 valence electrons. The highest BCUT2D eigenvalue weighted by Crippen LogP contribution is 2.17. The molecule has 6 heteroatoms. The number of aryl methyl sites for hydroxylation is 1. The number of rotatable bonds is 4. The molecule has 1 unspecified atom stereocenters. The Bertz CT molecular complexity index is 687. The van der Waals surface area contributed by atoms with Crippen molar-refractivity contribution in [2.24, 2.45) is 0 Å². The summed E-state index contributed by atoms with van der Waals surface area (Å²) in [6.07, 6.45) is 0. The molecule has 2 aromatic carbocycles. The van der Waals surface area contributed by atoms with Gasteiger partial charge < -0.3 is 11.1 Å². The minimum atomic E-state index is -1.41. The molecule has 0 saturated carbocycles. The quantitative estimate of drug-likeness (QED) is 0.850. The van der Waals surface area contributed by atoms with Crippen molar-refractivity contribution in [3.05, 3.63) is 53.1 Å². The van der Waals surface area contributed by atoms with Crippen LogP contribution in [0.25, 0.3) is 0 Å². The molecule has 0 aliphatic carbocycles. The Balaban J connectivity index is 2.02.